The van der Waals surface area contributed by atoms with E-state index in [-0.39, 0.29) is 12.5 Å². The molecule has 0 aliphatic rings. The number of amides is 1. The van der Waals surface area contributed by atoms with Crippen LogP contribution in [0.1, 0.15) is 40.9 Å². The van der Waals surface area contributed by atoms with Gasteiger partial charge in [-0.25, -0.2) is 0 Å². The smallest absolute Gasteiger partial charge is 0.255 e. The molecule has 0 aliphatic carbocycles. The number of rotatable bonds is 11. The number of hydrogen-bond acceptors (Lipinski definition) is 6. The quantitative estimate of drug-likeness (QED) is 0.426. The van der Waals surface area contributed by atoms with Crippen molar-refractivity contribution in [3.8, 4) is 23.6 Å². The Morgan fingerprint density at radius 2 is 1.43 bits per heavy atom. The number of likely N-dealkylation sites (N-methyl/N-ethyl adjacent to an activating group) is 1. The molecular weight excluding hydrogens is 440 g/mol. The molecular formula is C28H28N4O3. The van der Waals surface area contributed by atoms with Crippen molar-refractivity contribution in [3.63, 3.8) is 0 Å². The maximum absolute atomic E-state index is 13.0. The Labute approximate surface area is 206 Å². The Bertz CT molecular complexity index is 1200. The molecule has 3 aromatic carbocycles. The van der Waals surface area contributed by atoms with Gasteiger partial charge in [0.15, 0.2) is 0 Å². The highest BCUT2D eigenvalue weighted by Crippen LogP contribution is 2.25. The topological polar surface area (TPSA) is 98.4 Å². The van der Waals surface area contributed by atoms with Crippen LogP contribution in [0.3, 0.4) is 0 Å². The maximum atomic E-state index is 13.0. The van der Waals surface area contributed by atoms with Crippen LogP contribution in [0.5, 0.6) is 11.5 Å². The lowest BCUT2D eigenvalue weighted by molar-refractivity contribution is 0.102. The summed E-state index contributed by atoms with van der Waals surface area (Å²) in [6.45, 7) is 7.62. The van der Waals surface area contributed by atoms with E-state index in [1.165, 1.54) is 0 Å². The number of hydrogen-bond donors (Lipinski definition) is 1. The second-order valence-electron chi connectivity index (χ2n) is 7.81. The summed E-state index contributed by atoms with van der Waals surface area (Å²) in [5.41, 5.74) is 2.98. The van der Waals surface area contributed by atoms with Crippen LogP contribution in [0.2, 0.25) is 0 Å². The second kappa shape index (κ2) is 12.8. The monoisotopic (exact) mass is 468 g/mol. The van der Waals surface area contributed by atoms with Gasteiger partial charge in [0.2, 0.25) is 0 Å². The predicted molar refractivity (Wildman–Crippen MR) is 134 cm³/mol. The first-order valence-corrected chi connectivity index (χ1v) is 11.5. The van der Waals surface area contributed by atoms with Crippen LogP contribution in [-0.2, 0) is 6.61 Å². The number of carbonyl (C=O) groups excluding carboxylic acids is 1. The van der Waals surface area contributed by atoms with Gasteiger partial charge in [-0.05, 0) is 67.2 Å². The minimum absolute atomic E-state index is 0.283. The third-order valence-corrected chi connectivity index (χ3v) is 5.47. The maximum Gasteiger partial charge on any atom is 0.255 e. The molecule has 0 spiro atoms. The van der Waals surface area contributed by atoms with Crippen LogP contribution >= 0.6 is 0 Å². The van der Waals surface area contributed by atoms with Gasteiger partial charge in [-0.2, -0.15) is 10.5 Å². The SMILES string of the molecule is CCN(CC)CCOc1cc(OCc2ccc(C#N)cc2)cc(C(=O)Nc2ccc(C#N)cc2)c1. The molecule has 35 heavy (non-hydrogen) atoms. The lowest BCUT2D eigenvalue weighted by atomic mass is 10.1. The standard InChI is InChI=1S/C28H28N4O3/c1-3-32(4-2)13-14-34-26-15-24(28(33)31-25-11-9-22(19-30)10-12-25)16-27(17-26)35-20-23-7-5-21(18-29)6-8-23/h5-12,15-17H,3-4,13-14,20H2,1-2H3,(H,31,33). The Morgan fingerprint density at radius 3 is 2.00 bits per heavy atom. The zero-order valence-corrected chi connectivity index (χ0v) is 20.0. The molecule has 0 atom stereocenters. The van der Waals surface area contributed by atoms with Crippen LogP contribution in [0.15, 0.2) is 66.7 Å². The summed E-state index contributed by atoms with van der Waals surface area (Å²) >= 11 is 0. The summed E-state index contributed by atoms with van der Waals surface area (Å²) in [5.74, 6) is 0.728. The van der Waals surface area contributed by atoms with E-state index in [4.69, 9.17) is 20.0 Å². The first-order chi connectivity index (χ1) is 17.0. The summed E-state index contributed by atoms with van der Waals surface area (Å²) in [5, 5.41) is 20.8. The average molecular weight is 469 g/mol. The van der Waals surface area contributed by atoms with E-state index in [0.717, 1.165) is 25.2 Å². The largest absolute Gasteiger partial charge is 0.492 e. The molecule has 0 heterocycles. The van der Waals surface area contributed by atoms with Gasteiger partial charge in [0.1, 0.15) is 24.7 Å². The van der Waals surface area contributed by atoms with Crippen molar-refractivity contribution >= 4 is 11.6 Å². The molecule has 0 fully saturated rings. The van der Waals surface area contributed by atoms with Crippen LogP contribution < -0.4 is 14.8 Å². The molecule has 178 valence electrons. The lowest BCUT2D eigenvalue weighted by Crippen LogP contribution is -2.27. The summed E-state index contributed by atoms with van der Waals surface area (Å²) in [4.78, 5) is 15.2. The van der Waals surface area contributed by atoms with E-state index in [2.05, 4.69) is 36.2 Å². The number of ether oxygens (including phenoxy) is 2. The van der Waals surface area contributed by atoms with Gasteiger partial charge in [0.25, 0.3) is 5.91 Å². The minimum Gasteiger partial charge on any atom is -0.492 e. The van der Waals surface area contributed by atoms with Crippen molar-refractivity contribution < 1.29 is 14.3 Å². The molecule has 1 N–H and O–H groups in total. The number of nitriles is 2. The zero-order valence-electron chi connectivity index (χ0n) is 20.0. The Hall–Kier alpha value is -4.33. The second-order valence-corrected chi connectivity index (χ2v) is 7.81. The fourth-order valence-electron chi connectivity index (χ4n) is 3.38. The molecule has 0 aliphatic heterocycles. The third kappa shape index (κ3) is 7.60. The first-order valence-electron chi connectivity index (χ1n) is 11.5. The summed E-state index contributed by atoms with van der Waals surface area (Å²) in [6.07, 6.45) is 0. The van der Waals surface area contributed by atoms with Crippen LogP contribution in [0.25, 0.3) is 0 Å². The van der Waals surface area contributed by atoms with Gasteiger partial charge in [0.05, 0.1) is 23.3 Å². The van der Waals surface area contributed by atoms with Crippen molar-refractivity contribution in [2.45, 2.75) is 20.5 Å². The van der Waals surface area contributed by atoms with Crippen molar-refractivity contribution in [1.82, 2.24) is 4.90 Å². The van der Waals surface area contributed by atoms with E-state index in [1.807, 2.05) is 12.1 Å². The normalized spacial score (nSPS) is 10.3. The highest BCUT2D eigenvalue weighted by Gasteiger charge is 2.12. The van der Waals surface area contributed by atoms with Crippen molar-refractivity contribution in [2.24, 2.45) is 0 Å². The number of nitrogens with zero attached hydrogens (tertiary/aromatic N) is 3. The molecule has 0 aromatic heterocycles. The Morgan fingerprint density at radius 1 is 0.857 bits per heavy atom. The zero-order chi connectivity index (χ0) is 25.0. The highest BCUT2D eigenvalue weighted by molar-refractivity contribution is 6.04. The average Bonchev–Trinajstić information content (AvgIpc) is 2.90. The van der Waals surface area contributed by atoms with E-state index in [0.29, 0.717) is 40.5 Å². The van der Waals surface area contributed by atoms with E-state index in [1.54, 1.807) is 54.6 Å². The van der Waals surface area contributed by atoms with E-state index < -0.39 is 0 Å². The van der Waals surface area contributed by atoms with Crippen molar-refractivity contribution in [3.05, 3.63) is 89.0 Å². The fraction of sp³-hybridized carbons (Fsp3) is 0.250. The van der Waals surface area contributed by atoms with Gasteiger partial charge < -0.3 is 19.7 Å². The van der Waals surface area contributed by atoms with Gasteiger partial charge in [-0.3, -0.25) is 4.79 Å². The fourth-order valence-corrected chi connectivity index (χ4v) is 3.38. The predicted octanol–water partition coefficient (Wildman–Crippen LogP) is 4.98. The lowest BCUT2D eigenvalue weighted by Gasteiger charge is -2.18. The van der Waals surface area contributed by atoms with E-state index >= 15 is 0 Å². The Kier molecular flexibility index (Phi) is 9.24. The molecule has 0 saturated carbocycles. The number of nitrogens with one attached hydrogen (secondary N) is 1. The minimum atomic E-state index is -0.313. The molecule has 0 unspecified atom stereocenters. The van der Waals surface area contributed by atoms with Crippen LogP contribution in [0.4, 0.5) is 5.69 Å². The molecule has 0 saturated heterocycles. The molecule has 3 rings (SSSR count). The van der Waals surface area contributed by atoms with Gasteiger partial charge >= 0.3 is 0 Å². The third-order valence-electron chi connectivity index (χ3n) is 5.47. The number of carbonyl (C=O) groups is 1. The molecule has 0 radical (unpaired) electrons. The highest BCUT2D eigenvalue weighted by atomic mass is 16.5. The molecule has 3 aromatic rings. The van der Waals surface area contributed by atoms with Gasteiger partial charge in [-0.15, -0.1) is 0 Å². The summed E-state index contributed by atoms with van der Waals surface area (Å²) in [7, 11) is 0. The molecule has 1 amide bonds. The van der Waals surface area contributed by atoms with Gasteiger partial charge in [-0.1, -0.05) is 26.0 Å². The summed E-state index contributed by atoms with van der Waals surface area (Å²) in [6, 6.07) is 23.1. The molecule has 7 nitrogen and oxygen atoms in total. The number of anilines is 1. The summed E-state index contributed by atoms with van der Waals surface area (Å²) < 4.78 is 11.9. The Balaban J connectivity index is 1.76. The molecule has 7 heteroatoms. The van der Waals surface area contributed by atoms with Crippen LogP contribution in [0, 0.1) is 22.7 Å². The molecule has 0 bridgehead atoms. The van der Waals surface area contributed by atoms with Crippen molar-refractivity contribution in [1.29, 1.82) is 10.5 Å². The first kappa shape index (κ1) is 25.3. The number of benzene rings is 3. The van der Waals surface area contributed by atoms with Crippen molar-refractivity contribution in [2.75, 3.05) is 31.6 Å². The van der Waals surface area contributed by atoms with Gasteiger partial charge in [0, 0.05) is 23.9 Å². The van der Waals surface area contributed by atoms with Crippen LogP contribution in [-0.4, -0.2) is 37.0 Å². The van der Waals surface area contributed by atoms with E-state index in [9.17, 15) is 4.79 Å².